The molecule has 0 atom stereocenters. The van der Waals surface area contributed by atoms with E-state index in [0.717, 1.165) is 27.9 Å². The molecule has 1 fully saturated rings. The van der Waals surface area contributed by atoms with Gasteiger partial charge in [-0.25, -0.2) is 9.67 Å². The summed E-state index contributed by atoms with van der Waals surface area (Å²) in [5.74, 6) is 6.71. The van der Waals surface area contributed by atoms with Crippen molar-refractivity contribution < 1.29 is 22.7 Å². The van der Waals surface area contributed by atoms with Crippen LogP contribution in [0.1, 0.15) is 36.5 Å². The van der Waals surface area contributed by atoms with Gasteiger partial charge in [0.05, 0.1) is 23.7 Å². The number of thiocarbonyl (C=S) groups is 1. The molecular weight excluding hydrogens is 622 g/mol. The average Bonchev–Trinajstić information content (AvgIpc) is 3.62. The first-order chi connectivity index (χ1) is 21.5. The molecule has 0 saturated carbocycles. The van der Waals surface area contributed by atoms with Gasteiger partial charge in [0.2, 0.25) is 5.91 Å². The van der Waals surface area contributed by atoms with Gasteiger partial charge in [-0.3, -0.25) is 9.69 Å². The van der Waals surface area contributed by atoms with Crippen LogP contribution in [0.4, 0.5) is 18.9 Å². The van der Waals surface area contributed by atoms with Crippen LogP contribution in [0.3, 0.4) is 0 Å². The Hall–Kier alpha value is -4.67. The van der Waals surface area contributed by atoms with E-state index in [0.29, 0.717) is 22.4 Å². The lowest BCUT2D eigenvalue weighted by molar-refractivity contribution is -0.274. The highest BCUT2D eigenvalue weighted by molar-refractivity contribution is 8.15. The Morgan fingerprint density at radius 3 is 2.56 bits per heavy atom. The quantitative estimate of drug-likeness (QED) is 0.186. The van der Waals surface area contributed by atoms with Gasteiger partial charge in [0.1, 0.15) is 12.1 Å². The van der Waals surface area contributed by atoms with Crippen molar-refractivity contribution in [2.75, 3.05) is 17.2 Å². The number of thioether (sulfide) groups is 1. The summed E-state index contributed by atoms with van der Waals surface area (Å²) in [7, 11) is 0. The van der Waals surface area contributed by atoms with Gasteiger partial charge in [0, 0.05) is 11.1 Å². The molecule has 2 heterocycles. The van der Waals surface area contributed by atoms with Crippen LogP contribution in [0, 0.1) is 18.8 Å². The lowest BCUT2D eigenvalue weighted by atomic mass is 9.99. The highest BCUT2D eigenvalue weighted by Crippen LogP contribution is 2.34. The van der Waals surface area contributed by atoms with Crippen molar-refractivity contribution in [2.45, 2.75) is 33.1 Å². The molecule has 0 bridgehead atoms. The van der Waals surface area contributed by atoms with E-state index in [4.69, 9.17) is 12.2 Å². The number of ether oxygens (including phenoxy) is 1. The molecule has 1 saturated heterocycles. The van der Waals surface area contributed by atoms with E-state index in [1.165, 1.54) is 47.0 Å². The van der Waals surface area contributed by atoms with E-state index in [9.17, 15) is 18.0 Å². The summed E-state index contributed by atoms with van der Waals surface area (Å²) in [6.07, 6.45) is -3.28. The summed E-state index contributed by atoms with van der Waals surface area (Å²) in [5.41, 5.74) is 5.00. The predicted molar refractivity (Wildman–Crippen MR) is 174 cm³/mol. The summed E-state index contributed by atoms with van der Waals surface area (Å²) in [6, 6.07) is 18.7. The number of carbonyl (C=O) groups excluding carboxylic acids is 1. The van der Waals surface area contributed by atoms with Gasteiger partial charge in [-0.1, -0.05) is 49.6 Å². The summed E-state index contributed by atoms with van der Waals surface area (Å²) in [6.45, 7) is 6.44. The number of aryl methyl sites for hydroxylation is 1. The predicted octanol–water partition coefficient (Wildman–Crippen LogP) is 6.63. The Morgan fingerprint density at radius 2 is 1.87 bits per heavy atom. The van der Waals surface area contributed by atoms with Crippen LogP contribution in [0.25, 0.3) is 17.1 Å². The molecule has 1 amide bonds. The first kappa shape index (κ1) is 31.7. The van der Waals surface area contributed by atoms with Crippen LogP contribution in [0.2, 0.25) is 0 Å². The minimum absolute atomic E-state index is 0.0344. The molecule has 1 aliphatic heterocycles. The number of aromatic nitrogens is 3. The van der Waals surface area contributed by atoms with E-state index >= 15 is 0 Å². The number of halogens is 3. The molecule has 0 radical (unpaired) electrons. The van der Waals surface area contributed by atoms with E-state index in [1.54, 1.807) is 4.90 Å². The monoisotopic (exact) mass is 648 g/mol. The zero-order chi connectivity index (χ0) is 32.1. The third-order valence-corrected chi connectivity index (χ3v) is 7.70. The lowest BCUT2D eigenvalue weighted by Gasteiger charge is -2.22. The smallest absolute Gasteiger partial charge is 0.406 e. The van der Waals surface area contributed by atoms with Crippen molar-refractivity contribution in [1.82, 2.24) is 20.1 Å². The Bertz CT molecular complexity index is 1810. The Kier molecular flexibility index (Phi) is 9.55. The number of carbonyl (C=O) groups is 1. The van der Waals surface area contributed by atoms with Gasteiger partial charge in [0.25, 0.3) is 0 Å². The second-order valence-electron chi connectivity index (χ2n) is 10.2. The number of nitrogens with one attached hydrogen (secondary N) is 1. The molecule has 13 heteroatoms. The Morgan fingerprint density at radius 1 is 1.13 bits per heavy atom. The number of benzene rings is 3. The summed E-state index contributed by atoms with van der Waals surface area (Å²) in [4.78, 5) is 23.3. The molecule has 5 rings (SSSR count). The van der Waals surface area contributed by atoms with Crippen molar-refractivity contribution >= 4 is 45.9 Å². The maximum absolute atomic E-state index is 12.8. The summed E-state index contributed by atoms with van der Waals surface area (Å²) in [5, 5.41) is 8.21. The summed E-state index contributed by atoms with van der Waals surface area (Å²) >= 11 is 6.78. The topological polar surface area (TPSA) is 84.6 Å². The maximum Gasteiger partial charge on any atom is 0.573 e. The van der Waals surface area contributed by atoms with Gasteiger partial charge in [-0.2, -0.15) is 4.99 Å². The molecule has 45 heavy (non-hydrogen) atoms. The number of rotatable bonds is 6. The molecule has 8 nitrogen and oxygen atoms in total. The number of anilines is 1. The highest BCUT2D eigenvalue weighted by atomic mass is 32.2. The van der Waals surface area contributed by atoms with E-state index in [1.807, 2.05) is 49.4 Å². The molecule has 0 aliphatic carbocycles. The number of alkyl halides is 3. The van der Waals surface area contributed by atoms with E-state index in [-0.39, 0.29) is 29.2 Å². The van der Waals surface area contributed by atoms with Gasteiger partial charge in [-0.05, 0) is 90.8 Å². The third kappa shape index (κ3) is 8.09. The fraction of sp³-hybridized carbons (Fsp3) is 0.219. The van der Waals surface area contributed by atoms with E-state index in [2.05, 4.69) is 50.8 Å². The Labute approximate surface area is 267 Å². The molecule has 4 aromatic rings. The summed E-state index contributed by atoms with van der Waals surface area (Å²) < 4.78 is 42.6. The highest BCUT2D eigenvalue weighted by Gasteiger charge is 2.32. The second kappa shape index (κ2) is 13.5. The fourth-order valence-electron chi connectivity index (χ4n) is 4.43. The van der Waals surface area contributed by atoms with Gasteiger partial charge >= 0.3 is 6.36 Å². The standard InChI is InChI=1S/C32H27F3N6O2S2/c1-20(2)26-15-6-21(3)17-27(26)41-28(42)18-45-31(41)38-30(44)36-16-4-5-22-7-9-23(10-8-22)29-37-19-40(39-29)24-11-13-25(14-12-24)43-32(33,34)35/h6-15,17,19-20H,16,18H2,1-3H3,(H,36,44)/b38-31-. The first-order valence-electron chi connectivity index (χ1n) is 13.8. The average molecular weight is 649 g/mol. The zero-order valence-electron chi connectivity index (χ0n) is 24.4. The van der Waals surface area contributed by atoms with Crippen molar-refractivity contribution in [2.24, 2.45) is 4.99 Å². The minimum atomic E-state index is -4.75. The van der Waals surface area contributed by atoms with Gasteiger partial charge in [-0.15, -0.1) is 18.3 Å². The second-order valence-corrected chi connectivity index (χ2v) is 11.6. The van der Waals surface area contributed by atoms with Crippen LogP contribution in [-0.4, -0.2) is 49.6 Å². The van der Waals surface area contributed by atoms with Crippen LogP contribution >= 0.6 is 24.0 Å². The molecule has 0 unspecified atom stereocenters. The number of hydrogen-bond donors (Lipinski definition) is 1. The number of hydrogen-bond acceptors (Lipinski definition) is 6. The van der Waals surface area contributed by atoms with Crippen LogP contribution in [0.15, 0.2) is 78.0 Å². The fourth-order valence-corrected chi connectivity index (χ4v) is 5.52. The zero-order valence-corrected chi connectivity index (χ0v) is 26.1. The number of amides is 1. The third-order valence-electron chi connectivity index (χ3n) is 6.54. The van der Waals surface area contributed by atoms with Crippen molar-refractivity contribution in [1.29, 1.82) is 0 Å². The molecule has 1 aliphatic rings. The largest absolute Gasteiger partial charge is 0.573 e. The van der Waals surface area contributed by atoms with Gasteiger partial charge < -0.3 is 10.1 Å². The molecule has 230 valence electrons. The number of amidine groups is 1. The van der Waals surface area contributed by atoms with Crippen molar-refractivity contribution in [3.63, 3.8) is 0 Å². The van der Waals surface area contributed by atoms with Crippen molar-refractivity contribution in [3.05, 3.63) is 89.7 Å². The Balaban J connectivity index is 1.18. The first-order valence-corrected chi connectivity index (χ1v) is 15.2. The molecule has 1 N–H and O–H groups in total. The molecular formula is C32H27F3N6O2S2. The number of nitrogens with zero attached hydrogens (tertiary/aromatic N) is 5. The van der Waals surface area contributed by atoms with Crippen LogP contribution in [0.5, 0.6) is 5.75 Å². The van der Waals surface area contributed by atoms with Crippen LogP contribution in [-0.2, 0) is 4.79 Å². The molecule has 1 aromatic heterocycles. The van der Waals surface area contributed by atoms with Gasteiger partial charge in [0.15, 0.2) is 16.1 Å². The lowest BCUT2D eigenvalue weighted by Crippen LogP contribution is -2.32. The molecule has 0 spiro atoms. The minimum Gasteiger partial charge on any atom is -0.406 e. The normalized spacial score (nSPS) is 14.1. The van der Waals surface area contributed by atoms with Crippen LogP contribution < -0.4 is 15.0 Å². The maximum atomic E-state index is 12.8. The van der Waals surface area contributed by atoms with E-state index < -0.39 is 6.36 Å². The SMILES string of the molecule is Cc1ccc(C(C)C)c(N2C(=O)CS/C2=N\C(=S)NCC#Cc2ccc(-c3ncn(-c4ccc(OC(F)(F)F)cc4)n3)cc2)c1. The van der Waals surface area contributed by atoms with Crippen molar-refractivity contribution in [3.8, 4) is 34.7 Å². The number of aliphatic imine (C=N–C) groups is 1. The molecule has 3 aromatic carbocycles.